The van der Waals surface area contributed by atoms with Crippen LogP contribution >= 0.6 is 20.7 Å². The lowest BCUT2D eigenvalue weighted by atomic mass is 10.1. The number of phosphoric acid groups is 1. The summed E-state index contributed by atoms with van der Waals surface area (Å²) in [6.07, 6.45) is 0.00245. The smallest absolute Gasteiger partial charge is 0.480 e. The Morgan fingerprint density at radius 2 is 1.83 bits per heavy atom. The third-order valence-corrected chi connectivity index (χ3v) is 2.35. The van der Waals surface area contributed by atoms with E-state index in [0.717, 1.165) is 0 Å². The number of carboxylic acid groups (broad SMARTS) is 2. The minimum atomic E-state index is -4.28. The number of thiol groups is 1. The number of hydrogen-bond donors (Lipinski definition) is 6. The molecular formula is C7H16NO8PS. The second kappa shape index (κ2) is 10.3. The maximum absolute atomic E-state index is 10.4. The number of rotatable bonds is 7. The first-order valence-corrected chi connectivity index (χ1v) is 6.60. The summed E-state index contributed by atoms with van der Waals surface area (Å²) in [6, 6.07) is -0.744. The molecule has 0 aliphatic rings. The van der Waals surface area contributed by atoms with E-state index < -0.39 is 25.8 Å². The molecule has 0 aliphatic carbocycles. The number of likely N-dealkylation sites (N-methyl/N-ethyl adjacent to an activating group) is 1. The first-order valence-electron chi connectivity index (χ1n) is 4.70. The summed E-state index contributed by atoms with van der Waals surface area (Å²) in [5, 5.41) is 19.5. The standard InChI is InChI=1S/C7H13NO4.H3O4PS/c1-2-8-5(7(11)12)3-4-6(9)10;1-5(2,3)4-6/h5,8H,2-4H2,1H3,(H,9,10)(H,11,12);6H,(H2,1,2,3)/t5-;/m0./s1. The van der Waals surface area contributed by atoms with Crippen LogP contribution in [0.15, 0.2) is 0 Å². The molecule has 11 heteroatoms. The van der Waals surface area contributed by atoms with Crippen LogP contribution in [0.5, 0.6) is 0 Å². The SMILES string of the molecule is CCN[C@@H](CCC(=O)O)C(=O)O.O=P(O)(O)OS. The van der Waals surface area contributed by atoms with Gasteiger partial charge < -0.3 is 25.3 Å². The zero-order valence-electron chi connectivity index (χ0n) is 9.51. The highest BCUT2D eigenvalue weighted by atomic mass is 32.1. The minimum Gasteiger partial charge on any atom is -0.481 e. The quantitative estimate of drug-likeness (QED) is 0.214. The molecule has 0 aliphatic heterocycles. The zero-order chi connectivity index (χ0) is 14.8. The molecule has 0 amide bonds. The summed E-state index contributed by atoms with van der Waals surface area (Å²) in [6.45, 7) is 2.30. The molecule has 0 fully saturated rings. The molecule has 1 atom stereocenters. The first kappa shape index (κ1) is 19.7. The van der Waals surface area contributed by atoms with Gasteiger partial charge in [0, 0.05) is 6.42 Å². The third-order valence-electron chi connectivity index (χ3n) is 1.50. The third kappa shape index (κ3) is 15.4. The van der Waals surface area contributed by atoms with Crippen LogP contribution in [-0.4, -0.2) is 44.5 Å². The molecule has 0 rings (SSSR count). The summed E-state index contributed by atoms with van der Waals surface area (Å²) in [4.78, 5) is 35.8. The Bertz CT molecular complexity index is 306. The number of carboxylic acids is 2. The van der Waals surface area contributed by atoms with Gasteiger partial charge in [-0.15, -0.1) is 0 Å². The van der Waals surface area contributed by atoms with Crippen LogP contribution in [0.3, 0.4) is 0 Å². The van der Waals surface area contributed by atoms with Crippen molar-refractivity contribution in [1.29, 1.82) is 0 Å². The fourth-order valence-corrected chi connectivity index (χ4v) is 0.827. The molecule has 0 saturated heterocycles. The Kier molecular flexibility index (Phi) is 11.3. The molecule has 0 radical (unpaired) electrons. The molecule has 0 bridgehead atoms. The molecular weight excluding hydrogens is 289 g/mol. The van der Waals surface area contributed by atoms with Crippen LogP contribution in [0.4, 0.5) is 0 Å². The molecule has 108 valence electrons. The van der Waals surface area contributed by atoms with Crippen molar-refractivity contribution in [3.05, 3.63) is 0 Å². The molecule has 0 aromatic carbocycles. The van der Waals surface area contributed by atoms with E-state index in [4.69, 9.17) is 20.0 Å². The van der Waals surface area contributed by atoms with Gasteiger partial charge in [-0.25, -0.2) is 8.54 Å². The number of carbonyl (C=O) groups is 2. The summed E-state index contributed by atoms with van der Waals surface area (Å²) in [5.74, 6) is -1.97. The second-order valence-electron chi connectivity index (χ2n) is 2.95. The van der Waals surface area contributed by atoms with Crippen LogP contribution in [0.25, 0.3) is 0 Å². The van der Waals surface area contributed by atoms with Gasteiger partial charge in [0.15, 0.2) is 0 Å². The second-order valence-corrected chi connectivity index (χ2v) is 4.59. The Balaban J connectivity index is 0. The van der Waals surface area contributed by atoms with Crippen molar-refractivity contribution in [2.45, 2.75) is 25.8 Å². The van der Waals surface area contributed by atoms with E-state index in [1.807, 2.05) is 0 Å². The van der Waals surface area contributed by atoms with Crippen molar-refractivity contribution in [1.82, 2.24) is 5.32 Å². The maximum atomic E-state index is 10.4. The topological polar surface area (TPSA) is 153 Å². The van der Waals surface area contributed by atoms with Gasteiger partial charge in [0.1, 0.15) is 6.04 Å². The molecule has 0 aromatic heterocycles. The van der Waals surface area contributed by atoms with E-state index >= 15 is 0 Å². The molecule has 0 saturated carbocycles. The largest absolute Gasteiger partial charge is 0.481 e. The van der Waals surface area contributed by atoms with Gasteiger partial charge in [0.05, 0.1) is 0 Å². The van der Waals surface area contributed by atoms with Crippen molar-refractivity contribution < 1.29 is 38.1 Å². The van der Waals surface area contributed by atoms with Gasteiger partial charge in [0.25, 0.3) is 0 Å². The molecule has 0 unspecified atom stereocenters. The van der Waals surface area contributed by atoms with E-state index in [2.05, 4.69) is 22.2 Å². The lowest BCUT2D eigenvalue weighted by Crippen LogP contribution is -2.36. The van der Waals surface area contributed by atoms with Gasteiger partial charge in [-0.1, -0.05) is 6.92 Å². The van der Waals surface area contributed by atoms with Gasteiger partial charge in [0.2, 0.25) is 0 Å². The maximum Gasteiger partial charge on any atom is 0.480 e. The molecule has 0 spiro atoms. The number of nitrogens with one attached hydrogen (secondary N) is 1. The van der Waals surface area contributed by atoms with Crippen molar-refractivity contribution in [3.63, 3.8) is 0 Å². The van der Waals surface area contributed by atoms with E-state index in [9.17, 15) is 14.2 Å². The number of aliphatic carboxylic acids is 2. The molecule has 9 nitrogen and oxygen atoms in total. The van der Waals surface area contributed by atoms with E-state index in [0.29, 0.717) is 6.54 Å². The average molecular weight is 305 g/mol. The summed E-state index contributed by atoms with van der Waals surface area (Å²) < 4.78 is 12.7. The van der Waals surface area contributed by atoms with E-state index in [1.54, 1.807) is 6.92 Å². The summed E-state index contributed by atoms with van der Waals surface area (Å²) in [7, 11) is -4.28. The lowest BCUT2D eigenvalue weighted by molar-refractivity contribution is -0.140. The fraction of sp³-hybridized carbons (Fsp3) is 0.714. The van der Waals surface area contributed by atoms with Crippen LogP contribution in [-0.2, 0) is 18.1 Å². The van der Waals surface area contributed by atoms with Crippen LogP contribution in [0, 0.1) is 0 Å². The Morgan fingerprint density at radius 1 is 1.39 bits per heavy atom. The number of hydrogen-bond acceptors (Lipinski definition) is 6. The van der Waals surface area contributed by atoms with Crippen LogP contribution < -0.4 is 5.32 Å². The van der Waals surface area contributed by atoms with Gasteiger partial charge in [-0.05, 0) is 25.9 Å². The minimum absolute atomic E-state index is 0.121. The van der Waals surface area contributed by atoms with Crippen LogP contribution in [0.2, 0.25) is 0 Å². The molecule has 18 heavy (non-hydrogen) atoms. The van der Waals surface area contributed by atoms with E-state index in [-0.39, 0.29) is 12.8 Å². The highest BCUT2D eigenvalue weighted by molar-refractivity contribution is 7.80. The average Bonchev–Trinajstić information content (AvgIpc) is 2.23. The normalized spacial score (nSPS) is 12.2. The van der Waals surface area contributed by atoms with Gasteiger partial charge in [-0.3, -0.25) is 9.59 Å². The van der Waals surface area contributed by atoms with Crippen molar-refractivity contribution in [2.24, 2.45) is 0 Å². The molecule has 0 heterocycles. The highest BCUT2D eigenvalue weighted by Gasteiger charge is 2.16. The highest BCUT2D eigenvalue weighted by Crippen LogP contribution is 2.36. The first-order chi connectivity index (χ1) is 8.14. The van der Waals surface area contributed by atoms with Crippen molar-refractivity contribution in [3.8, 4) is 0 Å². The summed E-state index contributed by atoms with van der Waals surface area (Å²) in [5.41, 5.74) is 0. The summed E-state index contributed by atoms with van der Waals surface area (Å²) >= 11 is 2.84. The Labute approximate surface area is 109 Å². The van der Waals surface area contributed by atoms with Gasteiger partial charge in [-0.2, -0.15) is 0 Å². The molecule has 0 aromatic rings. The monoisotopic (exact) mass is 305 g/mol. The fourth-order valence-electron chi connectivity index (χ4n) is 0.827. The Hall–Kier alpha value is -0.640. The predicted molar refractivity (Wildman–Crippen MR) is 64.1 cm³/mol. The van der Waals surface area contributed by atoms with Crippen molar-refractivity contribution in [2.75, 3.05) is 6.54 Å². The van der Waals surface area contributed by atoms with Crippen molar-refractivity contribution >= 4 is 32.7 Å². The Morgan fingerprint density at radius 3 is 2.06 bits per heavy atom. The van der Waals surface area contributed by atoms with Gasteiger partial charge >= 0.3 is 19.8 Å². The van der Waals surface area contributed by atoms with Crippen LogP contribution in [0.1, 0.15) is 19.8 Å². The molecule has 5 N–H and O–H groups in total. The zero-order valence-corrected chi connectivity index (χ0v) is 11.3. The predicted octanol–water partition coefficient (Wildman–Crippen LogP) is -0.146. The lowest BCUT2D eigenvalue weighted by Gasteiger charge is -2.10. The van der Waals surface area contributed by atoms with E-state index in [1.165, 1.54) is 0 Å².